The minimum absolute atomic E-state index is 0.0262. The third-order valence-corrected chi connectivity index (χ3v) is 6.61. The summed E-state index contributed by atoms with van der Waals surface area (Å²) in [5.41, 5.74) is -0.381. The van der Waals surface area contributed by atoms with E-state index in [0.29, 0.717) is 13.1 Å². The molecule has 0 radical (unpaired) electrons. The van der Waals surface area contributed by atoms with Crippen molar-refractivity contribution < 1.29 is 37.0 Å². The number of ether oxygens (including phenoxy) is 2. The number of carbonyl (C=O) groups excluding carboxylic acids is 3. The van der Waals surface area contributed by atoms with Crippen molar-refractivity contribution in [3.05, 3.63) is 59.4 Å². The Kier molecular flexibility index (Phi) is 9.02. The number of nitrogens with zero attached hydrogens (tertiary/aromatic N) is 4. The van der Waals surface area contributed by atoms with E-state index >= 15 is 0 Å². The van der Waals surface area contributed by atoms with Crippen molar-refractivity contribution in [2.45, 2.75) is 18.8 Å². The average Bonchev–Trinajstić information content (AvgIpc) is 2.92. The molecule has 1 atom stereocenters. The van der Waals surface area contributed by atoms with Crippen molar-refractivity contribution >= 4 is 17.7 Å². The first-order chi connectivity index (χ1) is 18.7. The lowest BCUT2D eigenvalue weighted by molar-refractivity contribution is -0.146. The molecule has 13 heteroatoms. The summed E-state index contributed by atoms with van der Waals surface area (Å²) in [6, 6.07) is 5.76. The minimum Gasteiger partial charge on any atom is -0.491 e. The second-order valence-corrected chi connectivity index (χ2v) is 9.36. The Morgan fingerprint density at radius 3 is 2.74 bits per heavy atom. The van der Waals surface area contributed by atoms with Crippen molar-refractivity contribution in [2.24, 2.45) is 0 Å². The first kappa shape index (κ1) is 28.3. The van der Waals surface area contributed by atoms with Gasteiger partial charge in [0.2, 0.25) is 11.8 Å². The second kappa shape index (κ2) is 12.4. The maximum atomic E-state index is 13.5. The quantitative estimate of drug-likeness (QED) is 0.615. The largest absolute Gasteiger partial charge is 0.491 e. The van der Waals surface area contributed by atoms with E-state index in [1.807, 2.05) is 11.0 Å². The van der Waals surface area contributed by atoms with E-state index in [1.54, 1.807) is 28.3 Å². The molecule has 3 heterocycles. The van der Waals surface area contributed by atoms with Gasteiger partial charge in [-0.2, -0.15) is 13.2 Å². The van der Waals surface area contributed by atoms with Crippen molar-refractivity contribution in [1.29, 1.82) is 0 Å². The number of carbonyl (C=O) groups is 3. The van der Waals surface area contributed by atoms with Crippen LogP contribution in [0.15, 0.2) is 42.7 Å². The Balaban J connectivity index is 1.64. The number of aromatic nitrogens is 1. The molecule has 1 N–H and O–H groups in total. The normalized spacial score (nSPS) is 19.5. The Hall–Kier alpha value is -3.71. The summed E-state index contributed by atoms with van der Waals surface area (Å²) < 4.78 is 51.0. The molecule has 0 aliphatic carbocycles. The predicted molar refractivity (Wildman–Crippen MR) is 133 cm³/mol. The Labute approximate surface area is 223 Å². The van der Waals surface area contributed by atoms with Gasteiger partial charge in [0, 0.05) is 58.8 Å². The molecule has 1 aromatic carbocycles. The third-order valence-electron chi connectivity index (χ3n) is 6.61. The van der Waals surface area contributed by atoms with E-state index in [0.717, 1.165) is 23.8 Å². The van der Waals surface area contributed by atoms with Crippen LogP contribution in [0.3, 0.4) is 0 Å². The number of alkyl halides is 3. The lowest BCUT2D eigenvalue weighted by atomic mass is 10.1. The molecule has 1 aromatic heterocycles. The SMILES string of the molecule is COCC(=O)N1CCN2C(=O)CN(Cc3cccnc3)CCNC(=O)c3cc(C(F)(F)F)ccc3OC[C@@H]2C1. The van der Waals surface area contributed by atoms with Crippen LogP contribution in [0.5, 0.6) is 5.75 Å². The standard InChI is InChI=1S/C26H30F3N5O5/c1-38-17-24(36)33-9-10-34-20(14-33)16-39-22-5-4-19(26(27,28)29)11-21(22)25(37)31-7-8-32(15-23(34)35)13-18-3-2-6-30-12-18/h2-6,11-12,20H,7-10,13-17H2,1H3,(H,31,37)/t20-/m0/s1. The summed E-state index contributed by atoms with van der Waals surface area (Å²) in [6.45, 7) is 1.21. The molecule has 0 bridgehead atoms. The topological polar surface area (TPSA) is 104 Å². The molecule has 3 amide bonds. The molecule has 4 rings (SSSR count). The summed E-state index contributed by atoms with van der Waals surface area (Å²) >= 11 is 0. The van der Waals surface area contributed by atoms with Crippen LogP contribution in [0.4, 0.5) is 13.2 Å². The molecule has 39 heavy (non-hydrogen) atoms. The van der Waals surface area contributed by atoms with E-state index in [9.17, 15) is 27.6 Å². The van der Waals surface area contributed by atoms with Crippen LogP contribution in [-0.2, 0) is 27.0 Å². The molecule has 2 aromatic rings. The highest BCUT2D eigenvalue weighted by Gasteiger charge is 2.35. The number of benzene rings is 1. The van der Waals surface area contributed by atoms with Gasteiger partial charge in [-0.15, -0.1) is 0 Å². The highest BCUT2D eigenvalue weighted by atomic mass is 19.4. The Bertz CT molecular complexity index is 1180. The van der Waals surface area contributed by atoms with Gasteiger partial charge in [-0.1, -0.05) is 6.07 Å². The zero-order valence-electron chi connectivity index (χ0n) is 21.4. The van der Waals surface area contributed by atoms with Crippen LogP contribution in [0.1, 0.15) is 21.5 Å². The Morgan fingerprint density at radius 2 is 2.03 bits per heavy atom. The van der Waals surface area contributed by atoms with Crippen molar-refractivity contribution in [3.8, 4) is 5.75 Å². The molecular weight excluding hydrogens is 519 g/mol. The molecule has 1 saturated heterocycles. The fourth-order valence-corrected chi connectivity index (χ4v) is 4.63. The lowest BCUT2D eigenvalue weighted by Crippen LogP contribution is -2.60. The van der Waals surface area contributed by atoms with Gasteiger partial charge in [0.15, 0.2) is 0 Å². The molecule has 0 unspecified atom stereocenters. The maximum Gasteiger partial charge on any atom is 0.416 e. The van der Waals surface area contributed by atoms with E-state index in [4.69, 9.17) is 9.47 Å². The molecule has 1 fully saturated rings. The molecule has 0 spiro atoms. The van der Waals surface area contributed by atoms with Crippen LogP contribution in [0.2, 0.25) is 0 Å². The van der Waals surface area contributed by atoms with Crippen molar-refractivity contribution in [3.63, 3.8) is 0 Å². The fraction of sp³-hybridized carbons (Fsp3) is 0.462. The highest BCUT2D eigenvalue weighted by Crippen LogP contribution is 2.33. The monoisotopic (exact) mass is 549 g/mol. The van der Waals surface area contributed by atoms with Gasteiger partial charge < -0.3 is 24.6 Å². The van der Waals surface area contributed by atoms with E-state index in [-0.39, 0.29) is 69.1 Å². The van der Waals surface area contributed by atoms with Crippen LogP contribution in [-0.4, -0.2) is 103 Å². The minimum atomic E-state index is -4.65. The molecule has 0 saturated carbocycles. The lowest BCUT2D eigenvalue weighted by Gasteiger charge is -2.42. The van der Waals surface area contributed by atoms with Crippen LogP contribution < -0.4 is 10.1 Å². The average molecular weight is 550 g/mol. The molecule has 10 nitrogen and oxygen atoms in total. The van der Waals surface area contributed by atoms with Crippen molar-refractivity contribution in [1.82, 2.24) is 25.0 Å². The van der Waals surface area contributed by atoms with Crippen molar-refractivity contribution in [2.75, 3.05) is 59.6 Å². The van der Waals surface area contributed by atoms with Gasteiger partial charge >= 0.3 is 6.18 Å². The number of methoxy groups -OCH3 is 1. The number of hydrogen-bond acceptors (Lipinski definition) is 7. The van der Waals surface area contributed by atoms with Gasteiger partial charge in [0.05, 0.1) is 23.7 Å². The van der Waals surface area contributed by atoms with Crippen LogP contribution in [0, 0.1) is 0 Å². The number of halogens is 3. The zero-order chi connectivity index (χ0) is 28.0. The first-order valence-electron chi connectivity index (χ1n) is 12.5. The van der Waals surface area contributed by atoms with E-state index < -0.39 is 23.7 Å². The summed E-state index contributed by atoms with van der Waals surface area (Å²) in [7, 11) is 1.41. The fourth-order valence-electron chi connectivity index (χ4n) is 4.63. The highest BCUT2D eigenvalue weighted by molar-refractivity contribution is 5.97. The number of nitrogens with one attached hydrogen (secondary N) is 1. The molecule has 2 aliphatic heterocycles. The van der Waals surface area contributed by atoms with E-state index in [2.05, 4.69) is 10.3 Å². The number of fused-ring (bicyclic) bond motifs is 2. The van der Waals surface area contributed by atoms with Gasteiger partial charge in [-0.25, -0.2) is 0 Å². The van der Waals surface area contributed by atoms with Gasteiger partial charge in [0.1, 0.15) is 19.0 Å². The van der Waals surface area contributed by atoms with Gasteiger partial charge in [-0.05, 0) is 29.8 Å². The first-order valence-corrected chi connectivity index (χ1v) is 12.5. The summed E-state index contributed by atoms with van der Waals surface area (Å²) in [6.07, 6.45) is -1.34. The van der Waals surface area contributed by atoms with Gasteiger partial charge in [0.25, 0.3) is 5.91 Å². The second-order valence-electron chi connectivity index (χ2n) is 9.36. The van der Waals surface area contributed by atoms with Crippen LogP contribution in [0.25, 0.3) is 0 Å². The summed E-state index contributed by atoms with van der Waals surface area (Å²) in [5, 5.41) is 2.65. The summed E-state index contributed by atoms with van der Waals surface area (Å²) in [4.78, 5) is 48.1. The number of piperazine rings is 1. The zero-order valence-corrected chi connectivity index (χ0v) is 21.4. The molecule has 2 aliphatic rings. The van der Waals surface area contributed by atoms with Gasteiger partial charge in [-0.3, -0.25) is 24.3 Å². The third kappa shape index (κ3) is 7.24. The number of pyridine rings is 1. The number of rotatable bonds is 4. The number of amides is 3. The maximum absolute atomic E-state index is 13.5. The molecule has 210 valence electrons. The van der Waals surface area contributed by atoms with Crippen LogP contribution >= 0.6 is 0 Å². The smallest absolute Gasteiger partial charge is 0.416 e. The number of hydrogen-bond donors (Lipinski definition) is 1. The predicted octanol–water partition coefficient (Wildman–Crippen LogP) is 1.41. The summed E-state index contributed by atoms with van der Waals surface area (Å²) in [5.74, 6) is -1.20. The van der Waals surface area contributed by atoms with E-state index in [1.165, 1.54) is 7.11 Å². The Morgan fingerprint density at radius 1 is 1.21 bits per heavy atom. The molecular formula is C26H30F3N5O5.